The lowest BCUT2D eigenvalue weighted by Crippen LogP contribution is -2.26. The van der Waals surface area contributed by atoms with Gasteiger partial charge in [-0.3, -0.25) is 9.59 Å². The van der Waals surface area contributed by atoms with Crippen molar-refractivity contribution in [2.45, 2.75) is 19.3 Å². The number of aryl methyl sites for hydroxylation is 1. The molecule has 0 spiro atoms. The van der Waals surface area contributed by atoms with E-state index < -0.39 is 23.1 Å². The third-order valence-electron chi connectivity index (χ3n) is 6.70. The Balaban J connectivity index is 1.85. The summed E-state index contributed by atoms with van der Waals surface area (Å²) in [7, 11) is 1.60. The van der Waals surface area contributed by atoms with Crippen molar-refractivity contribution in [2.24, 2.45) is 7.05 Å². The molecule has 0 saturated carbocycles. The van der Waals surface area contributed by atoms with Crippen LogP contribution in [0, 0.1) is 11.6 Å². The first kappa shape index (κ1) is 24.2. The fourth-order valence-corrected chi connectivity index (χ4v) is 5.08. The average molecular weight is 502 g/mol. The maximum absolute atomic E-state index is 14.5. The minimum absolute atomic E-state index is 0.00136. The number of hydrogen-bond acceptors (Lipinski definition) is 3. The Bertz CT molecular complexity index is 1700. The number of para-hydroxylation sites is 2. The molecule has 8 heteroatoms. The van der Waals surface area contributed by atoms with Crippen LogP contribution >= 0.6 is 0 Å². The van der Waals surface area contributed by atoms with Gasteiger partial charge in [0.1, 0.15) is 17.4 Å². The number of pyridine rings is 1. The van der Waals surface area contributed by atoms with E-state index in [2.05, 4.69) is 10.3 Å². The number of aromatic hydroxyl groups is 1. The lowest BCUT2D eigenvalue weighted by molar-refractivity contribution is -0.118. The number of carbonyl (C=O) groups is 1. The Hall–Kier alpha value is -4.46. The number of rotatable bonds is 6. The van der Waals surface area contributed by atoms with Gasteiger partial charge >= 0.3 is 0 Å². The van der Waals surface area contributed by atoms with Crippen LogP contribution in [0.4, 0.5) is 8.78 Å². The van der Waals surface area contributed by atoms with Crippen molar-refractivity contribution in [3.63, 3.8) is 0 Å². The molecule has 6 nitrogen and oxygen atoms in total. The molecule has 0 aliphatic carbocycles. The molecule has 37 heavy (non-hydrogen) atoms. The first-order chi connectivity index (χ1) is 17.8. The minimum atomic E-state index is -1.02. The third kappa shape index (κ3) is 4.35. The fourth-order valence-electron chi connectivity index (χ4n) is 5.08. The average Bonchev–Trinajstić information content (AvgIpc) is 3.22. The molecule has 1 amide bonds. The second-order valence-electron chi connectivity index (χ2n) is 9.08. The Kier molecular flexibility index (Phi) is 6.25. The molecule has 188 valence electrons. The summed E-state index contributed by atoms with van der Waals surface area (Å²) in [6.45, 7) is 1.74. The number of halogens is 2. The molecular formula is C29H25F2N3O3. The predicted octanol–water partition coefficient (Wildman–Crippen LogP) is 4.86. The van der Waals surface area contributed by atoms with Crippen LogP contribution in [-0.4, -0.2) is 27.1 Å². The normalized spacial score (nSPS) is 12.2. The lowest BCUT2D eigenvalue weighted by Gasteiger charge is -2.22. The highest BCUT2D eigenvalue weighted by molar-refractivity contribution is 5.88. The quantitative estimate of drug-likeness (QED) is 0.311. The molecule has 0 aliphatic heterocycles. The number of benzene rings is 3. The molecule has 0 fully saturated rings. The summed E-state index contributed by atoms with van der Waals surface area (Å²) >= 11 is 0. The van der Waals surface area contributed by atoms with E-state index in [0.717, 1.165) is 22.5 Å². The number of hydrogen-bond donors (Lipinski definition) is 3. The number of fused-ring (bicyclic) bond motifs is 2. The summed E-state index contributed by atoms with van der Waals surface area (Å²) in [5.74, 6) is -3.06. The molecule has 1 atom stereocenters. The van der Waals surface area contributed by atoms with Crippen molar-refractivity contribution in [3.05, 3.63) is 111 Å². The zero-order valence-electron chi connectivity index (χ0n) is 20.3. The zero-order chi connectivity index (χ0) is 26.3. The second kappa shape index (κ2) is 9.54. The summed E-state index contributed by atoms with van der Waals surface area (Å²) in [6.07, 6.45) is 0.391. The minimum Gasteiger partial charge on any atom is -0.507 e. The van der Waals surface area contributed by atoms with Crippen molar-refractivity contribution in [3.8, 4) is 5.75 Å². The molecule has 0 aliphatic rings. The van der Waals surface area contributed by atoms with Gasteiger partial charge in [-0.05, 0) is 47.9 Å². The van der Waals surface area contributed by atoms with E-state index in [1.165, 1.54) is 23.6 Å². The van der Waals surface area contributed by atoms with Crippen LogP contribution in [0.25, 0.3) is 21.8 Å². The Labute approximate surface area is 211 Å². The summed E-state index contributed by atoms with van der Waals surface area (Å²) < 4.78 is 30.4. The standard InChI is InChI=1S/C29H25F2N3O3/c1-16(35)32-12-11-21-20-7-3-5-9-23(20)33-27(21)25(17-13-18(30)15-19(31)14-17)26-28(36)22-8-4-6-10-24(22)34(2)29(26)37/h3-10,13-15,25,33,36H,11-12H2,1-2H3,(H,32,35). The molecule has 0 radical (unpaired) electrons. The summed E-state index contributed by atoms with van der Waals surface area (Å²) in [5.41, 5.74) is 2.26. The van der Waals surface area contributed by atoms with Crippen LogP contribution in [0.5, 0.6) is 5.75 Å². The molecule has 3 aromatic carbocycles. The van der Waals surface area contributed by atoms with E-state index in [1.807, 2.05) is 24.3 Å². The van der Waals surface area contributed by atoms with Gasteiger partial charge in [0.25, 0.3) is 5.56 Å². The number of aromatic nitrogens is 2. The van der Waals surface area contributed by atoms with Crippen molar-refractivity contribution in [2.75, 3.05) is 6.54 Å². The number of nitrogens with one attached hydrogen (secondary N) is 2. The highest BCUT2D eigenvalue weighted by atomic mass is 19.1. The number of amides is 1. The Morgan fingerprint density at radius 1 is 1.03 bits per heavy atom. The molecule has 5 rings (SSSR count). The molecular weight excluding hydrogens is 476 g/mol. The van der Waals surface area contributed by atoms with E-state index in [0.29, 0.717) is 29.6 Å². The van der Waals surface area contributed by atoms with E-state index in [1.54, 1.807) is 31.3 Å². The number of nitrogens with zero attached hydrogens (tertiary/aromatic N) is 1. The van der Waals surface area contributed by atoms with Crippen molar-refractivity contribution >= 4 is 27.7 Å². The third-order valence-corrected chi connectivity index (χ3v) is 6.70. The maximum Gasteiger partial charge on any atom is 0.258 e. The maximum atomic E-state index is 14.5. The highest BCUT2D eigenvalue weighted by Crippen LogP contribution is 2.41. The molecule has 2 heterocycles. The Morgan fingerprint density at radius 3 is 2.38 bits per heavy atom. The van der Waals surface area contributed by atoms with E-state index in [4.69, 9.17) is 0 Å². The van der Waals surface area contributed by atoms with Gasteiger partial charge in [-0.25, -0.2) is 8.78 Å². The SMILES string of the molecule is CC(=O)NCCc1c(C(c2cc(F)cc(F)c2)c2c(O)c3ccccc3n(C)c2=O)[nH]c2ccccc12. The molecule has 5 aromatic rings. The number of aromatic amines is 1. The first-order valence-electron chi connectivity index (χ1n) is 11.9. The monoisotopic (exact) mass is 501 g/mol. The van der Waals surface area contributed by atoms with Crippen molar-refractivity contribution in [1.82, 2.24) is 14.9 Å². The zero-order valence-corrected chi connectivity index (χ0v) is 20.3. The van der Waals surface area contributed by atoms with Gasteiger partial charge in [0.2, 0.25) is 5.91 Å². The van der Waals surface area contributed by atoms with Gasteiger partial charge in [0, 0.05) is 48.6 Å². The second-order valence-corrected chi connectivity index (χ2v) is 9.08. The fraction of sp³-hybridized carbons (Fsp3) is 0.172. The van der Waals surface area contributed by atoms with Crippen molar-refractivity contribution in [1.29, 1.82) is 0 Å². The molecule has 0 saturated heterocycles. The number of H-pyrrole nitrogens is 1. The topological polar surface area (TPSA) is 87.1 Å². The van der Waals surface area contributed by atoms with Crippen molar-refractivity contribution < 1.29 is 18.7 Å². The van der Waals surface area contributed by atoms with E-state index >= 15 is 0 Å². The summed E-state index contributed by atoms with van der Waals surface area (Å²) in [4.78, 5) is 28.6. The number of carbonyl (C=O) groups excluding carboxylic acids is 1. The van der Waals surface area contributed by atoms with E-state index in [9.17, 15) is 23.5 Å². The largest absolute Gasteiger partial charge is 0.507 e. The van der Waals surface area contributed by atoms with E-state index in [-0.39, 0.29) is 22.8 Å². The van der Waals surface area contributed by atoms with Gasteiger partial charge in [0.05, 0.1) is 17.0 Å². The van der Waals surface area contributed by atoms with Gasteiger partial charge in [-0.1, -0.05) is 30.3 Å². The van der Waals surface area contributed by atoms with Gasteiger partial charge < -0.3 is 20.0 Å². The highest BCUT2D eigenvalue weighted by Gasteiger charge is 2.31. The first-order valence-corrected chi connectivity index (χ1v) is 11.9. The van der Waals surface area contributed by atoms with Crippen LogP contribution < -0.4 is 10.9 Å². The van der Waals surface area contributed by atoms with Crippen LogP contribution in [0.3, 0.4) is 0 Å². The lowest BCUT2D eigenvalue weighted by atomic mass is 9.85. The Morgan fingerprint density at radius 2 is 1.68 bits per heavy atom. The predicted molar refractivity (Wildman–Crippen MR) is 139 cm³/mol. The summed E-state index contributed by atoms with van der Waals surface area (Å²) in [5, 5.41) is 15.5. The molecule has 3 N–H and O–H groups in total. The smallest absolute Gasteiger partial charge is 0.258 e. The molecule has 2 aromatic heterocycles. The molecule has 0 bridgehead atoms. The van der Waals surface area contributed by atoms with Crippen LogP contribution in [0.15, 0.2) is 71.5 Å². The summed E-state index contributed by atoms with van der Waals surface area (Å²) in [6, 6.07) is 17.5. The van der Waals surface area contributed by atoms with Gasteiger partial charge in [0.15, 0.2) is 0 Å². The molecule has 1 unspecified atom stereocenters. The van der Waals surface area contributed by atoms with Crippen LogP contribution in [-0.2, 0) is 18.3 Å². The van der Waals surface area contributed by atoms with Crippen LogP contribution in [0.2, 0.25) is 0 Å². The van der Waals surface area contributed by atoms with Crippen LogP contribution in [0.1, 0.15) is 35.2 Å². The van der Waals surface area contributed by atoms with Gasteiger partial charge in [-0.15, -0.1) is 0 Å². The van der Waals surface area contributed by atoms with Gasteiger partial charge in [-0.2, -0.15) is 0 Å².